The van der Waals surface area contributed by atoms with Crippen molar-refractivity contribution in [2.75, 3.05) is 24.5 Å². The highest BCUT2D eigenvalue weighted by molar-refractivity contribution is 8.00. The van der Waals surface area contributed by atoms with Crippen molar-refractivity contribution in [3.63, 3.8) is 0 Å². The zero-order valence-electron chi connectivity index (χ0n) is 16.8. The number of sulfonamides is 1. The van der Waals surface area contributed by atoms with Crippen LogP contribution in [0.3, 0.4) is 0 Å². The number of aromatic nitrogens is 1. The molecule has 0 unspecified atom stereocenters. The predicted octanol–water partition coefficient (Wildman–Crippen LogP) is 3.34. The highest BCUT2D eigenvalue weighted by atomic mass is 32.2. The number of fused-ring (bicyclic) bond motifs is 1. The summed E-state index contributed by atoms with van der Waals surface area (Å²) in [7, 11) is -1.69. The number of nitrogens with zero attached hydrogens (tertiary/aromatic N) is 3. The summed E-state index contributed by atoms with van der Waals surface area (Å²) >= 11 is 1.82. The molecule has 1 atom stereocenters. The minimum Gasteiger partial charge on any atom is -0.356 e. The second kappa shape index (κ2) is 8.16. The minimum absolute atomic E-state index is 0.129. The molecular formula is C21H27N3O3S2. The average Bonchev–Trinajstić information content (AvgIpc) is 3.08. The third kappa shape index (κ3) is 4.11. The Morgan fingerprint density at radius 3 is 2.48 bits per heavy atom. The van der Waals surface area contributed by atoms with Gasteiger partial charge in [-0.05, 0) is 37.5 Å². The Bertz CT molecular complexity index is 994. The Kier molecular flexibility index (Phi) is 5.77. The summed E-state index contributed by atoms with van der Waals surface area (Å²) < 4.78 is 28.9. The number of hydrogen-bond acceptors (Lipinski definition) is 4. The quantitative estimate of drug-likeness (QED) is 0.745. The molecular weight excluding hydrogens is 406 g/mol. The molecule has 6 nitrogen and oxygen atoms in total. The number of para-hydroxylation sites is 1. The number of hydrogen-bond donors (Lipinski definition) is 0. The standard InChI is InChI=1S/C21H27N3O3S2/c1-16-7-14-24(19-5-3-4-6-20(19)28-16)21(25)17-8-12-23(13-9-17)29(26,27)18-10-11-22(2)15-18/h3-6,10-11,15-17H,7-9,12-14H2,1-2H3/t16-/m0/s1. The molecule has 0 bridgehead atoms. The first-order valence-electron chi connectivity index (χ1n) is 10.1. The number of carbonyl (C=O) groups is 1. The Morgan fingerprint density at radius 1 is 1.07 bits per heavy atom. The first kappa shape index (κ1) is 20.5. The largest absolute Gasteiger partial charge is 0.356 e. The number of piperidine rings is 1. The van der Waals surface area contributed by atoms with Crippen LogP contribution in [0.5, 0.6) is 0 Å². The molecule has 2 aliphatic heterocycles. The Hall–Kier alpha value is -1.77. The van der Waals surface area contributed by atoms with Gasteiger partial charge in [0.2, 0.25) is 15.9 Å². The van der Waals surface area contributed by atoms with Gasteiger partial charge >= 0.3 is 0 Å². The van der Waals surface area contributed by atoms with E-state index in [1.54, 1.807) is 23.0 Å². The van der Waals surface area contributed by atoms with Crippen LogP contribution in [0.2, 0.25) is 0 Å². The average molecular weight is 434 g/mol. The van der Waals surface area contributed by atoms with Crippen LogP contribution in [-0.4, -0.2) is 48.1 Å². The molecule has 0 radical (unpaired) electrons. The van der Waals surface area contributed by atoms with E-state index in [1.165, 1.54) is 4.31 Å². The van der Waals surface area contributed by atoms with Crippen LogP contribution in [0.1, 0.15) is 26.2 Å². The summed E-state index contributed by atoms with van der Waals surface area (Å²) in [5, 5.41) is 0.465. The van der Waals surface area contributed by atoms with E-state index in [4.69, 9.17) is 0 Å². The van der Waals surface area contributed by atoms with Crippen LogP contribution >= 0.6 is 11.8 Å². The summed E-state index contributed by atoms with van der Waals surface area (Å²) in [5.41, 5.74) is 0.992. The van der Waals surface area contributed by atoms with Gasteiger partial charge in [0, 0.05) is 55.1 Å². The van der Waals surface area contributed by atoms with E-state index in [9.17, 15) is 13.2 Å². The zero-order valence-corrected chi connectivity index (χ0v) is 18.5. The minimum atomic E-state index is -3.49. The van der Waals surface area contributed by atoms with E-state index < -0.39 is 10.0 Å². The molecule has 1 aromatic heterocycles. The van der Waals surface area contributed by atoms with Gasteiger partial charge in [-0.15, -0.1) is 11.8 Å². The summed E-state index contributed by atoms with van der Waals surface area (Å²) in [6.07, 6.45) is 5.43. The lowest BCUT2D eigenvalue weighted by Gasteiger charge is -2.33. The van der Waals surface area contributed by atoms with Crippen LogP contribution < -0.4 is 4.90 Å². The molecule has 29 heavy (non-hydrogen) atoms. The lowest BCUT2D eigenvalue weighted by atomic mass is 9.96. The van der Waals surface area contributed by atoms with E-state index in [2.05, 4.69) is 13.0 Å². The highest BCUT2D eigenvalue weighted by Crippen LogP contribution is 2.38. The van der Waals surface area contributed by atoms with Crippen LogP contribution in [0.4, 0.5) is 5.69 Å². The Morgan fingerprint density at radius 2 is 1.79 bits per heavy atom. The van der Waals surface area contributed by atoms with Crippen LogP contribution in [0, 0.1) is 5.92 Å². The van der Waals surface area contributed by atoms with E-state index in [0.29, 0.717) is 42.6 Å². The maximum atomic E-state index is 13.4. The molecule has 2 aromatic rings. The summed E-state index contributed by atoms with van der Waals surface area (Å²) in [4.78, 5) is 16.7. The van der Waals surface area contributed by atoms with Crippen molar-refractivity contribution in [1.82, 2.24) is 8.87 Å². The lowest BCUT2D eigenvalue weighted by molar-refractivity contribution is -0.123. The summed E-state index contributed by atoms with van der Waals surface area (Å²) in [5.74, 6) is -0.00686. The number of benzene rings is 1. The number of anilines is 1. The molecule has 1 amide bonds. The van der Waals surface area contributed by atoms with Crippen molar-refractivity contribution in [1.29, 1.82) is 0 Å². The topological polar surface area (TPSA) is 62.6 Å². The number of amides is 1. The van der Waals surface area contributed by atoms with Gasteiger partial charge in [0.25, 0.3) is 0 Å². The second-order valence-electron chi connectivity index (χ2n) is 7.87. The molecule has 0 spiro atoms. The normalized spacial score (nSPS) is 21.6. The fourth-order valence-electron chi connectivity index (χ4n) is 4.06. The number of rotatable bonds is 3. The SMILES string of the molecule is C[C@H]1CCN(C(=O)C2CCN(S(=O)(=O)c3ccn(C)c3)CC2)c2ccccc2S1. The maximum Gasteiger partial charge on any atom is 0.244 e. The van der Waals surface area contributed by atoms with Gasteiger partial charge in [0.1, 0.15) is 0 Å². The zero-order chi connectivity index (χ0) is 20.6. The Labute approximate surface area is 176 Å². The van der Waals surface area contributed by atoms with Crippen molar-refractivity contribution in [2.24, 2.45) is 13.0 Å². The Balaban J connectivity index is 1.47. The van der Waals surface area contributed by atoms with Crippen molar-refractivity contribution in [3.05, 3.63) is 42.7 Å². The molecule has 0 N–H and O–H groups in total. The van der Waals surface area contributed by atoms with Gasteiger partial charge in [0.05, 0.1) is 10.6 Å². The lowest BCUT2D eigenvalue weighted by Crippen LogP contribution is -2.44. The van der Waals surface area contributed by atoms with Crippen molar-refractivity contribution in [2.45, 2.75) is 41.2 Å². The van der Waals surface area contributed by atoms with Crippen LogP contribution in [-0.2, 0) is 21.9 Å². The van der Waals surface area contributed by atoms with Crippen LogP contribution in [0.25, 0.3) is 0 Å². The first-order chi connectivity index (χ1) is 13.9. The van der Waals surface area contributed by atoms with Gasteiger partial charge < -0.3 is 9.47 Å². The van der Waals surface area contributed by atoms with Gasteiger partial charge in [-0.25, -0.2) is 8.42 Å². The molecule has 0 saturated carbocycles. The molecule has 156 valence electrons. The molecule has 1 saturated heterocycles. The van der Waals surface area contributed by atoms with Crippen molar-refractivity contribution in [3.8, 4) is 0 Å². The summed E-state index contributed by atoms with van der Waals surface area (Å²) in [6.45, 7) is 3.68. The van der Waals surface area contributed by atoms with E-state index in [1.807, 2.05) is 41.9 Å². The number of thioether (sulfide) groups is 1. The van der Waals surface area contributed by atoms with Crippen molar-refractivity contribution < 1.29 is 13.2 Å². The molecule has 0 aliphatic carbocycles. The maximum absolute atomic E-state index is 13.4. The van der Waals surface area contributed by atoms with Gasteiger partial charge in [-0.1, -0.05) is 19.1 Å². The van der Waals surface area contributed by atoms with Gasteiger partial charge in [-0.2, -0.15) is 4.31 Å². The van der Waals surface area contributed by atoms with Crippen molar-refractivity contribution >= 4 is 33.4 Å². The molecule has 1 aromatic carbocycles. The second-order valence-corrected chi connectivity index (χ2v) is 11.3. The van der Waals surface area contributed by atoms with Crippen LogP contribution in [0.15, 0.2) is 52.5 Å². The number of carbonyl (C=O) groups excluding carboxylic acids is 1. The smallest absolute Gasteiger partial charge is 0.244 e. The predicted molar refractivity (Wildman–Crippen MR) is 116 cm³/mol. The fourth-order valence-corrected chi connectivity index (χ4v) is 6.69. The molecule has 3 heterocycles. The third-order valence-electron chi connectivity index (χ3n) is 5.76. The molecule has 2 aliphatic rings. The molecule has 8 heteroatoms. The highest BCUT2D eigenvalue weighted by Gasteiger charge is 2.35. The molecule has 1 fully saturated rings. The van der Waals surface area contributed by atoms with E-state index in [-0.39, 0.29) is 11.8 Å². The fraction of sp³-hybridized carbons (Fsp3) is 0.476. The van der Waals surface area contributed by atoms with Gasteiger partial charge in [-0.3, -0.25) is 4.79 Å². The van der Waals surface area contributed by atoms with E-state index in [0.717, 1.165) is 17.0 Å². The monoisotopic (exact) mass is 433 g/mol. The molecule has 4 rings (SSSR count). The van der Waals surface area contributed by atoms with E-state index >= 15 is 0 Å². The first-order valence-corrected chi connectivity index (χ1v) is 12.4. The number of aryl methyl sites for hydroxylation is 1. The summed E-state index contributed by atoms with van der Waals surface area (Å²) in [6, 6.07) is 9.72. The third-order valence-corrected chi connectivity index (χ3v) is 8.87. The van der Waals surface area contributed by atoms with Gasteiger partial charge in [0.15, 0.2) is 0 Å².